The van der Waals surface area contributed by atoms with Crippen LogP contribution in [0.25, 0.3) is 0 Å². The topological polar surface area (TPSA) is 94.0 Å². The van der Waals surface area contributed by atoms with E-state index in [1.807, 2.05) is 0 Å². The van der Waals surface area contributed by atoms with Crippen molar-refractivity contribution in [1.82, 2.24) is 4.98 Å². The Kier molecular flexibility index (Phi) is 4.04. The molecular weight excluding hydrogens is 252 g/mol. The number of hydrogen-bond donors (Lipinski definition) is 3. The van der Waals surface area contributed by atoms with E-state index in [2.05, 4.69) is 10.3 Å². The first kappa shape index (κ1) is 13.1. The summed E-state index contributed by atoms with van der Waals surface area (Å²) in [6.45, 7) is 0. The molecule has 1 aliphatic carbocycles. The molecule has 6 heteroatoms. The van der Waals surface area contributed by atoms with Crippen molar-refractivity contribution >= 4 is 23.3 Å². The number of carbonyl (C=O) groups is 1. The maximum absolute atomic E-state index is 11.0. The van der Waals surface area contributed by atoms with Gasteiger partial charge in [0.25, 0.3) is 0 Å². The summed E-state index contributed by atoms with van der Waals surface area (Å²) in [6.07, 6.45) is 5.47. The average molecular weight is 269 g/mol. The second kappa shape index (κ2) is 5.54. The van der Waals surface area contributed by atoms with Crippen LogP contribution in [-0.2, 0) is 0 Å². The largest absolute Gasteiger partial charge is 0.366 e. The molecular formula is C12H17ClN4O. The molecule has 5 N–H and O–H groups in total. The van der Waals surface area contributed by atoms with E-state index in [1.54, 1.807) is 0 Å². The molecule has 0 atom stereocenters. The highest BCUT2D eigenvalue weighted by Crippen LogP contribution is 2.25. The molecule has 5 nitrogen and oxygen atoms in total. The van der Waals surface area contributed by atoms with E-state index in [4.69, 9.17) is 23.1 Å². The van der Waals surface area contributed by atoms with E-state index >= 15 is 0 Å². The fourth-order valence-corrected chi connectivity index (χ4v) is 2.36. The molecule has 0 saturated heterocycles. The van der Waals surface area contributed by atoms with Gasteiger partial charge in [0.1, 0.15) is 5.82 Å². The van der Waals surface area contributed by atoms with Gasteiger partial charge in [-0.2, -0.15) is 0 Å². The normalized spacial score (nSPS) is 23.7. The lowest BCUT2D eigenvalue weighted by Crippen LogP contribution is -2.33. The fourth-order valence-electron chi connectivity index (χ4n) is 2.14. The predicted octanol–water partition coefficient (Wildman–Crippen LogP) is 1.52. The van der Waals surface area contributed by atoms with E-state index in [0.717, 1.165) is 25.7 Å². The predicted molar refractivity (Wildman–Crippen MR) is 71.6 cm³/mol. The second-order valence-electron chi connectivity index (χ2n) is 4.67. The minimum Gasteiger partial charge on any atom is -0.366 e. The standard InChI is InChI=1S/C12H17ClN4O/c13-10-5-7(11(15)18)6-16-12(10)17-9-3-1-8(14)2-4-9/h5-6,8-9H,1-4,14H2,(H2,15,18)(H,16,17). The van der Waals surface area contributed by atoms with E-state index in [-0.39, 0.29) is 0 Å². The van der Waals surface area contributed by atoms with Gasteiger partial charge in [0.05, 0.1) is 10.6 Å². The first-order chi connectivity index (χ1) is 8.56. The highest BCUT2D eigenvalue weighted by molar-refractivity contribution is 6.33. The van der Waals surface area contributed by atoms with Crippen LogP contribution in [0, 0.1) is 0 Å². The molecule has 2 rings (SSSR count). The number of anilines is 1. The summed E-state index contributed by atoms with van der Waals surface area (Å²) in [5.74, 6) is 0.0710. The first-order valence-corrected chi connectivity index (χ1v) is 6.41. The van der Waals surface area contributed by atoms with Gasteiger partial charge in [-0.25, -0.2) is 4.98 Å². The number of hydrogen-bond acceptors (Lipinski definition) is 4. The van der Waals surface area contributed by atoms with Gasteiger partial charge in [0.15, 0.2) is 0 Å². The lowest BCUT2D eigenvalue weighted by Gasteiger charge is -2.27. The number of nitrogens with zero attached hydrogens (tertiary/aromatic N) is 1. The highest BCUT2D eigenvalue weighted by atomic mass is 35.5. The smallest absolute Gasteiger partial charge is 0.250 e. The molecule has 18 heavy (non-hydrogen) atoms. The van der Waals surface area contributed by atoms with E-state index in [1.165, 1.54) is 12.3 Å². The summed E-state index contributed by atoms with van der Waals surface area (Å²) < 4.78 is 0. The molecule has 0 radical (unpaired) electrons. The zero-order valence-electron chi connectivity index (χ0n) is 10.0. The summed E-state index contributed by atoms with van der Waals surface area (Å²) in [4.78, 5) is 15.1. The Morgan fingerprint density at radius 1 is 1.39 bits per heavy atom. The summed E-state index contributed by atoms with van der Waals surface area (Å²) in [7, 11) is 0. The molecule has 0 aliphatic heterocycles. The van der Waals surface area contributed by atoms with Gasteiger partial charge in [-0.15, -0.1) is 0 Å². The maximum Gasteiger partial charge on any atom is 0.250 e. The lowest BCUT2D eigenvalue weighted by atomic mass is 9.92. The van der Waals surface area contributed by atoms with Crippen LogP contribution in [0.4, 0.5) is 5.82 Å². The van der Waals surface area contributed by atoms with Crippen LogP contribution < -0.4 is 16.8 Å². The number of amides is 1. The fraction of sp³-hybridized carbons (Fsp3) is 0.500. The number of aromatic nitrogens is 1. The van der Waals surface area contributed by atoms with Gasteiger partial charge in [-0.1, -0.05) is 11.6 Å². The molecule has 0 aromatic carbocycles. The van der Waals surface area contributed by atoms with Crippen LogP contribution in [0.1, 0.15) is 36.0 Å². The Labute approximate surface area is 111 Å². The van der Waals surface area contributed by atoms with Crippen molar-refractivity contribution in [2.45, 2.75) is 37.8 Å². The van der Waals surface area contributed by atoms with Crippen LogP contribution in [0.2, 0.25) is 5.02 Å². The molecule has 0 unspecified atom stereocenters. The summed E-state index contributed by atoms with van der Waals surface area (Å²) in [6, 6.07) is 2.19. The van der Waals surface area contributed by atoms with Gasteiger partial charge in [0, 0.05) is 18.3 Å². The Bertz CT molecular complexity index is 444. The molecule has 1 amide bonds. The molecule has 1 aliphatic rings. The number of nitrogens with one attached hydrogen (secondary N) is 1. The zero-order valence-corrected chi connectivity index (χ0v) is 10.8. The van der Waals surface area contributed by atoms with Crippen LogP contribution in [-0.4, -0.2) is 23.0 Å². The van der Waals surface area contributed by atoms with Gasteiger partial charge in [0.2, 0.25) is 5.91 Å². The quantitative estimate of drug-likeness (QED) is 0.775. The number of halogens is 1. The van der Waals surface area contributed by atoms with E-state index < -0.39 is 5.91 Å². The highest BCUT2D eigenvalue weighted by Gasteiger charge is 2.19. The first-order valence-electron chi connectivity index (χ1n) is 6.03. The molecule has 1 aromatic rings. The third-order valence-electron chi connectivity index (χ3n) is 3.24. The van der Waals surface area contributed by atoms with Crippen LogP contribution in [0.15, 0.2) is 12.3 Å². The zero-order chi connectivity index (χ0) is 13.1. The van der Waals surface area contributed by atoms with E-state index in [0.29, 0.717) is 28.5 Å². The van der Waals surface area contributed by atoms with Crippen molar-refractivity contribution in [3.63, 3.8) is 0 Å². The van der Waals surface area contributed by atoms with Crippen LogP contribution in [0.3, 0.4) is 0 Å². The van der Waals surface area contributed by atoms with Crippen molar-refractivity contribution < 1.29 is 4.79 Å². The average Bonchev–Trinajstić information content (AvgIpc) is 2.34. The number of pyridine rings is 1. The molecule has 98 valence electrons. The van der Waals surface area contributed by atoms with Gasteiger partial charge in [-0.05, 0) is 31.7 Å². The molecule has 0 bridgehead atoms. The number of nitrogens with two attached hydrogens (primary N) is 2. The van der Waals surface area contributed by atoms with E-state index in [9.17, 15) is 4.79 Å². The van der Waals surface area contributed by atoms with Crippen molar-refractivity contribution in [2.24, 2.45) is 11.5 Å². The monoisotopic (exact) mass is 268 g/mol. The van der Waals surface area contributed by atoms with Crippen molar-refractivity contribution in [3.8, 4) is 0 Å². The van der Waals surface area contributed by atoms with Crippen LogP contribution >= 0.6 is 11.6 Å². The third-order valence-corrected chi connectivity index (χ3v) is 3.53. The summed E-state index contributed by atoms with van der Waals surface area (Å²) in [5.41, 5.74) is 11.3. The second-order valence-corrected chi connectivity index (χ2v) is 5.08. The Morgan fingerprint density at radius 2 is 2.06 bits per heavy atom. The Morgan fingerprint density at radius 3 is 2.61 bits per heavy atom. The SMILES string of the molecule is NC(=O)c1cnc(NC2CCC(N)CC2)c(Cl)c1. The third kappa shape index (κ3) is 3.11. The van der Waals surface area contributed by atoms with Crippen molar-refractivity contribution in [2.75, 3.05) is 5.32 Å². The number of rotatable bonds is 3. The number of carbonyl (C=O) groups excluding carboxylic acids is 1. The molecule has 1 fully saturated rings. The minimum atomic E-state index is -0.528. The molecule has 0 spiro atoms. The van der Waals surface area contributed by atoms with Gasteiger partial charge < -0.3 is 16.8 Å². The lowest BCUT2D eigenvalue weighted by molar-refractivity contribution is 0.1000. The van der Waals surface area contributed by atoms with Gasteiger partial charge in [-0.3, -0.25) is 4.79 Å². The van der Waals surface area contributed by atoms with Crippen molar-refractivity contribution in [3.05, 3.63) is 22.8 Å². The molecule has 1 saturated carbocycles. The summed E-state index contributed by atoms with van der Waals surface area (Å²) in [5, 5.41) is 3.70. The minimum absolute atomic E-state index is 0.309. The number of primary amides is 1. The Balaban J connectivity index is 2.03. The molecule has 1 heterocycles. The van der Waals surface area contributed by atoms with Crippen molar-refractivity contribution in [1.29, 1.82) is 0 Å². The van der Waals surface area contributed by atoms with Gasteiger partial charge >= 0.3 is 0 Å². The maximum atomic E-state index is 11.0. The summed E-state index contributed by atoms with van der Waals surface area (Å²) >= 11 is 6.06. The Hall–Kier alpha value is -1.33. The molecule has 1 aromatic heterocycles. The van der Waals surface area contributed by atoms with Crippen LogP contribution in [0.5, 0.6) is 0 Å².